The molecule has 0 bridgehead atoms. The van der Waals surface area contributed by atoms with Crippen LogP contribution in [0.25, 0.3) is 0 Å². The SMILES string of the molecule is Cc1cc(C(=O)NC(C)(C)C(C)(C)C(=O)O)c(C)o1. The molecule has 0 atom stereocenters. The van der Waals surface area contributed by atoms with Gasteiger partial charge >= 0.3 is 5.97 Å². The van der Waals surface area contributed by atoms with Crippen LogP contribution in [0.2, 0.25) is 0 Å². The first-order valence-electron chi connectivity index (χ1n) is 6.12. The van der Waals surface area contributed by atoms with Crippen molar-refractivity contribution in [3.8, 4) is 0 Å². The number of aliphatic carboxylic acids is 1. The van der Waals surface area contributed by atoms with E-state index < -0.39 is 16.9 Å². The first-order valence-corrected chi connectivity index (χ1v) is 6.12. The van der Waals surface area contributed by atoms with E-state index in [2.05, 4.69) is 5.32 Å². The number of furan rings is 1. The second kappa shape index (κ2) is 4.72. The van der Waals surface area contributed by atoms with Gasteiger partial charge in [0, 0.05) is 0 Å². The van der Waals surface area contributed by atoms with Crippen LogP contribution < -0.4 is 5.32 Å². The standard InChI is InChI=1S/C14H21NO4/c1-8-7-10(9(2)19-8)11(16)15-14(5,6)13(3,4)12(17)18/h7H,1-6H3,(H,15,16)(H,17,18). The molecule has 0 unspecified atom stereocenters. The third-order valence-corrected chi connectivity index (χ3v) is 3.81. The topological polar surface area (TPSA) is 79.5 Å². The average Bonchev–Trinajstić information content (AvgIpc) is 2.56. The molecule has 0 aliphatic rings. The summed E-state index contributed by atoms with van der Waals surface area (Å²) in [5, 5.41) is 12.0. The van der Waals surface area contributed by atoms with E-state index in [1.54, 1.807) is 47.6 Å². The van der Waals surface area contributed by atoms with Crippen LogP contribution in [-0.2, 0) is 4.79 Å². The number of hydrogen-bond acceptors (Lipinski definition) is 3. The first kappa shape index (κ1) is 15.3. The van der Waals surface area contributed by atoms with Gasteiger partial charge < -0.3 is 14.8 Å². The van der Waals surface area contributed by atoms with Gasteiger partial charge in [0.25, 0.3) is 5.91 Å². The lowest BCUT2D eigenvalue weighted by Crippen LogP contribution is -2.57. The van der Waals surface area contributed by atoms with Crippen molar-refractivity contribution in [3.63, 3.8) is 0 Å². The van der Waals surface area contributed by atoms with E-state index in [4.69, 9.17) is 4.42 Å². The zero-order chi connectivity index (χ0) is 15.0. The molecule has 0 aromatic carbocycles. The quantitative estimate of drug-likeness (QED) is 0.878. The highest BCUT2D eigenvalue weighted by molar-refractivity contribution is 5.96. The fourth-order valence-corrected chi connectivity index (χ4v) is 1.63. The van der Waals surface area contributed by atoms with Crippen molar-refractivity contribution in [1.82, 2.24) is 5.32 Å². The van der Waals surface area contributed by atoms with Crippen LogP contribution in [0.4, 0.5) is 0 Å². The van der Waals surface area contributed by atoms with E-state index in [0.29, 0.717) is 17.1 Å². The molecule has 1 aromatic rings. The highest BCUT2D eigenvalue weighted by Gasteiger charge is 2.44. The van der Waals surface area contributed by atoms with Gasteiger partial charge in [-0.2, -0.15) is 0 Å². The van der Waals surface area contributed by atoms with Crippen LogP contribution >= 0.6 is 0 Å². The van der Waals surface area contributed by atoms with Crippen LogP contribution in [0.5, 0.6) is 0 Å². The summed E-state index contributed by atoms with van der Waals surface area (Å²) in [5.74, 6) is -0.108. The molecule has 1 aromatic heterocycles. The maximum Gasteiger partial charge on any atom is 0.311 e. The minimum absolute atomic E-state index is 0.325. The predicted octanol–water partition coefficient (Wildman–Crippen LogP) is 2.52. The number of aryl methyl sites for hydroxylation is 2. The summed E-state index contributed by atoms with van der Waals surface area (Å²) in [6, 6.07) is 1.65. The lowest BCUT2D eigenvalue weighted by Gasteiger charge is -2.38. The van der Waals surface area contributed by atoms with E-state index in [0.717, 1.165) is 0 Å². The minimum atomic E-state index is -1.09. The second-order valence-corrected chi connectivity index (χ2v) is 5.84. The van der Waals surface area contributed by atoms with Crippen LogP contribution in [0.1, 0.15) is 49.6 Å². The van der Waals surface area contributed by atoms with Crippen LogP contribution in [0.15, 0.2) is 10.5 Å². The van der Waals surface area contributed by atoms with Crippen LogP contribution in [0.3, 0.4) is 0 Å². The molecule has 5 nitrogen and oxygen atoms in total. The Morgan fingerprint density at radius 2 is 1.74 bits per heavy atom. The number of amides is 1. The molecule has 0 fully saturated rings. The largest absolute Gasteiger partial charge is 0.481 e. The summed E-state index contributed by atoms with van der Waals surface area (Å²) in [6.45, 7) is 10.0. The zero-order valence-corrected chi connectivity index (χ0v) is 12.2. The Morgan fingerprint density at radius 1 is 1.21 bits per heavy atom. The number of carbonyl (C=O) groups excluding carboxylic acids is 1. The normalized spacial score (nSPS) is 12.3. The second-order valence-electron chi connectivity index (χ2n) is 5.84. The number of rotatable bonds is 4. The Kier molecular flexibility index (Phi) is 3.79. The summed E-state index contributed by atoms with van der Waals surface area (Å²) < 4.78 is 5.31. The van der Waals surface area contributed by atoms with Crippen molar-refractivity contribution in [3.05, 3.63) is 23.2 Å². The summed E-state index contributed by atoms with van der Waals surface area (Å²) >= 11 is 0. The highest BCUT2D eigenvalue weighted by Crippen LogP contribution is 2.31. The van der Waals surface area contributed by atoms with Crippen molar-refractivity contribution in [1.29, 1.82) is 0 Å². The van der Waals surface area contributed by atoms with Crippen molar-refractivity contribution in [2.75, 3.05) is 0 Å². The van der Waals surface area contributed by atoms with E-state index in [1.165, 1.54) is 0 Å². The summed E-state index contributed by atoms with van der Waals surface area (Å²) in [4.78, 5) is 23.5. The molecule has 1 amide bonds. The molecule has 0 spiro atoms. The van der Waals surface area contributed by atoms with E-state index in [9.17, 15) is 14.7 Å². The van der Waals surface area contributed by atoms with Gasteiger partial charge in [-0.1, -0.05) is 0 Å². The van der Waals surface area contributed by atoms with Gasteiger partial charge in [-0.3, -0.25) is 9.59 Å². The number of carbonyl (C=O) groups is 2. The lowest BCUT2D eigenvalue weighted by atomic mass is 9.74. The number of carboxylic acid groups (broad SMARTS) is 1. The molecule has 0 saturated carbocycles. The lowest BCUT2D eigenvalue weighted by molar-refractivity contribution is -0.150. The highest BCUT2D eigenvalue weighted by atomic mass is 16.4. The zero-order valence-electron chi connectivity index (χ0n) is 12.2. The molecule has 1 rings (SSSR count). The molecule has 2 N–H and O–H groups in total. The molecule has 19 heavy (non-hydrogen) atoms. The van der Waals surface area contributed by atoms with Crippen molar-refractivity contribution >= 4 is 11.9 Å². The van der Waals surface area contributed by atoms with Gasteiger partial charge in [0.1, 0.15) is 11.5 Å². The maximum atomic E-state index is 12.2. The van der Waals surface area contributed by atoms with Gasteiger partial charge in [0.15, 0.2) is 0 Å². The Bertz CT molecular complexity index is 512. The number of nitrogens with one attached hydrogen (secondary N) is 1. The van der Waals surface area contributed by atoms with Crippen LogP contribution in [0, 0.1) is 19.3 Å². The number of carboxylic acids is 1. The maximum absolute atomic E-state index is 12.2. The van der Waals surface area contributed by atoms with Crippen molar-refractivity contribution < 1.29 is 19.1 Å². The van der Waals surface area contributed by atoms with E-state index in [-0.39, 0.29) is 5.91 Å². The molecule has 5 heteroatoms. The molecule has 0 saturated heterocycles. The van der Waals surface area contributed by atoms with Gasteiger partial charge in [-0.05, 0) is 47.6 Å². The Labute approximate surface area is 113 Å². The molecule has 0 aliphatic carbocycles. The molecule has 0 radical (unpaired) electrons. The van der Waals surface area contributed by atoms with Gasteiger partial charge in [-0.15, -0.1) is 0 Å². The number of hydrogen-bond donors (Lipinski definition) is 2. The molecule has 106 valence electrons. The minimum Gasteiger partial charge on any atom is -0.481 e. The summed E-state index contributed by atoms with van der Waals surface area (Å²) in [7, 11) is 0. The van der Waals surface area contributed by atoms with Crippen molar-refractivity contribution in [2.45, 2.75) is 47.1 Å². The molecular weight excluding hydrogens is 246 g/mol. The Morgan fingerprint density at radius 3 is 2.11 bits per heavy atom. The predicted molar refractivity (Wildman–Crippen MR) is 71.1 cm³/mol. The average molecular weight is 267 g/mol. The van der Waals surface area contributed by atoms with Gasteiger partial charge in [-0.25, -0.2) is 0 Å². The summed E-state index contributed by atoms with van der Waals surface area (Å²) in [5.41, 5.74) is -1.55. The monoisotopic (exact) mass is 267 g/mol. The summed E-state index contributed by atoms with van der Waals surface area (Å²) in [6.07, 6.45) is 0. The van der Waals surface area contributed by atoms with E-state index in [1.807, 2.05) is 0 Å². The Balaban J connectivity index is 2.99. The van der Waals surface area contributed by atoms with Gasteiger partial charge in [0.2, 0.25) is 0 Å². The van der Waals surface area contributed by atoms with Gasteiger partial charge in [0.05, 0.1) is 16.5 Å². The molecule has 0 aliphatic heterocycles. The fourth-order valence-electron chi connectivity index (χ4n) is 1.63. The molecule has 1 heterocycles. The fraction of sp³-hybridized carbons (Fsp3) is 0.571. The van der Waals surface area contributed by atoms with Crippen LogP contribution in [-0.4, -0.2) is 22.5 Å². The van der Waals surface area contributed by atoms with E-state index >= 15 is 0 Å². The molecular formula is C14H21NO4. The van der Waals surface area contributed by atoms with Crippen molar-refractivity contribution in [2.24, 2.45) is 5.41 Å². The smallest absolute Gasteiger partial charge is 0.311 e. The third-order valence-electron chi connectivity index (χ3n) is 3.81. The third kappa shape index (κ3) is 2.80. The Hall–Kier alpha value is -1.78. The first-order chi connectivity index (χ1) is 8.49.